The smallest absolute Gasteiger partial charge is 0.0111 e. The van der Waals surface area contributed by atoms with E-state index >= 15 is 0 Å². The van der Waals surface area contributed by atoms with Crippen molar-refractivity contribution < 1.29 is 0 Å². The molecule has 0 amide bonds. The van der Waals surface area contributed by atoms with Gasteiger partial charge in [-0.25, -0.2) is 0 Å². The SMILES string of the molecule is C/C=C(/C)C/C(=C\CC(CC)C1CCCC1)CC. The Morgan fingerprint density at radius 1 is 1.22 bits per heavy atom. The van der Waals surface area contributed by atoms with Crippen molar-refractivity contribution >= 4 is 0 Å². The Balaban J connectivity index is 2.51. The summed E-state index contributed by atoms with van der Waals surface area (Å²) < 4.78 is 0. The van der Waals surface area contributed by atoms with E-state index < -0.39 is 0 Å². The first-order valence-electron chi connectivity index (χ1n) is 8.00. The van der Waals surface area contributed by atoms with E-state index in [9.17, 15) is 0 Å². The van der Waals surface area contributed by atoms with E-state index in [1.54, 1.807) is 5.57 Å². The number of allylic oxidation sites excluding steroid dienone is 4. The molecular formula is C18H32. The minimum atomic E-state index is 0.944. The highest BCUT2D eigenvalue weighted by molar-refractivity contribution is 5.13. The molecule has 1 saturated carbocycles. The topological polar surface area (TPSA) is 0 Å². The zero-order chi connectivity index (χ0) is 13.4. The van der Waals surface area contributed by atoms with Gasteiger partial charge in [0.15, 0.2) is 0 Å². The lowest BCUT2D eigenvalue weighted by Gasteiger charge is -2.21. The third-order valence-corrected chi connectivity index (χ3v) is 4.75. The van der Waals surface area contributed by atoms with E-state index in [0.29, 0.717) is 0 Å². The molecule has 0 aromatic heterocycles. The molecule has 1 aliphatic carbocycles. The summed E-state index contributed by atoms with van der Waals surface area (Å²) in [5.41, 5.74) is 3.15. The molecule has 0 aromatic rings. The van der Waals surface area contributed by atoms with Gasteiger partial charge in [0.2, 0.25) is 0 Å². The molecule has 1 unspecified atom stereocenters. The molecule has 1 atom stereocenters. The van der Waals surface area contributed by atoms with Crippen LogP contribution in [0.15, 0.2) is 23.3 Å². The summed E-state index contributed by atoms with van der Waals surface area (Å²) in [5, 5.41) is 0. The molecule has 104 valence electrons. The Labute approximate surface area is 115 Å². The van der Waals surface area contributed by atoms with Crippen LogP contribution in [-0.4, -0.2) is 0 Å². The van der Waals surface area contributed by atoms with Crippen LogP contribution in [0.2, 0.25) is 0 Å². The molecule has 1 rings (SSSR count). The normalized spacial score (nSPS) is 20.4. The van der Waals surface area contributed by atoms with Gasteiger partial charge in [0, 0.05) is 0 Å². The van der Waals surface area contributed by atoms with Gasteiger partial charge in [-0.3, -0.25) is 0 Å². The van der Waals surface area contributed by atoms with Crippen molar-refractivity contribution in [3.63, 3.8) is 0 Å². The fraction of sp³-hybridized carbons (Fsp3) is 0.778. The van der Waals surface area contributed by atoms with Crippen molar-refractivity contribution in [1.82, 2.24) is 0 Å². The lowest BCUT2D eigenvalue weighted by atomic mass is 9.85. The van der Waals surface area contributed by atoms with Gasteiger partial charge >= 0.3 is 0 Å². The predicted octanol–water partition coefficient (Wildman–Crippen LogP) is 6.29. The molecule has 0 spiro atoms. The Hall–Kier alpha value is -0.520. The zero-order valence-electron chi connectivity index (χ0n) is 13.0. The standard InChI is InChI=1S/C18H32/c1-5-15(4)14-16(6-2)12-13-17(7-3)18-10-8-9-11-18/h5,12,17-18H,6-11,13-14H2,1-4H3/b15-5-,16-12-. The van der Waals surface area contributed by atoms with Gasteiger partial charge in [-0.15, -0.1) is 0 Å². The van der Waals surface area contributed by atoms with Crippen molar-refractivity contribution in [2.45, 2.75) is 79.1 Å². The molecule has 0 saturated heterocycles. The van der Waals surface area contributed by atoms with Gasteiger partial charge in [-0.2, -0.15) is 0 Å². The average molecular weight is 248 g/mol. The van der Waals surface area contributed by atoms with E-state index in [1.165, 1.54) is 56.9 Å². The van der Waals surface area contributed by atoms with E-state index in [4.69, 9.17) is 0 Å². The third kappa shape index (κ3) is 5.00. The van der Waals surface area contributed by atoms with E-state index in [-0.39, 0.29) is 0 Å². The molecule has 0 heterocycles. The number of hydrogen-bond acceptors (Lipinski definition) is 0. The highest BCUT2D eigenvalue weighted by atomic mass is 14.3. The third-order valence-electron chi connectivity index (χ3n) is 4.75. The summed E-state index contributed by atoms with van der Waals surface area (Å²) in [5.74, 6) is 1.96. The fourth-order valence-corrected chi connectivity index (χ4v) is 3.24. The monoisotopic (exact) mass is 248 g/mol. The van der Waals surface area contributed by atoms with Gasteiger partial charge in [-0.1, -0.05) is 69.2 Å². The molecule has 0 radical (unpaired) electrons. The molecule has 0 bridgehead atoms. The lowest BCUT2D eigenvalue weighted by molar-refractivity contribution is 0.331. The molecule has 1 fully saturated rings. The van der Waals surface area contributed by atoms with Gasteiger partial charge in [0.25, 0.3) is 0 Å². The fourth-order valence-electron chi connectivity index (χ4n) is 3.24. The van der Waals surface area contributed by atoms with Crippen LogP contribution in [0.5, 0.6) is 0 Å². The van der Waals surface area contributed by atoms with Gasteiger partial charge in [0.1, 0.15) is 0 Å². The zero-order valence-corrected chi connectivity index (χ0v) is 13.0. The molecule has 0 aliphatic heterocycles. The Morgan fingerprint density at radius 3 is 2.39 bits per heavy atom. The largest absolute Gasteiger partial charge is 0.0884 e. The number of rotatable bonds is 7. The second kappa shape index (κ2) is 8.56. The Kier molecular flexibility index (Phi) is 7.39. The van der Waals surface area contributed by atoms with Crippen molar-refractivity contribution in [2.75, 3.05) is 0 Å². The Bertz CT molecular complexity index is 276. The summed E-state index contributed by atoms with van der Waals surface area (Å²) in [6.45, 7) is 9.07. The molecular weight excluding hydrogens is 216 g/mol. The van der Waals surface area contributed by atoms with Gasteiger partial charge in [-0.05, 0) is 44.9 Å². The molecule has 0 nitrogen and oxygen atoms in total. The quantitative estimate of drug-likeness (QED) is 0.465. The first-order chi connectivity index (χ1) is 8.71. The highest BCUT2D eigenvalue weighted by Gasteiger charge is 2.22. The molecule has 0 aromatic carbocycles. The van der Waals surface area contributed by atoms with Crippen LogP contribution in [0.4, 0.5) is 0 Å². The number of hydrogen-bond donors (Lipinski definition) is 0. The molecule has 1 aliphatic rings. The first kappa shape index (κ1) is 15.5. The molecule has 0 heteroatoms. The maximum atomic E-state index is 2.56. The maximum Gasteiger partial charge on any atom is -0.0111 e. The summed E-state index contributed by atoms with van der Waals surface area (Å²) >= 11 is 0. The van der Waals surface area contributed by atoms with Crippen LogP contribution in [0, 0.1) is 11.8 Å². The van der Waals surface area contributed by atoms with Crippen LogP contribution in [-0.2, 0) is 0 Å². The van der Waals surface area contributed by atoms with E-state index in [0.717, 1.165) is 11.8 Å². The minimum Gasteiger partial charge on any atom is -0.0884 e. The van der Waals surface area contributed by atoms with E-state index in [1.807, 2.05) is 0 Å². The summed E-state index contributed by atoms with van der Waals surface area (Å²) in [6.07, 6.45) is 15.8. The van der Waals surface area contributed by atoms with Gasteiger partial charge < -0.3 is 0 Å². The van der Waals surface area contributed by atoms with Crippen molar-refractivity contribution in [2.24, 2.45) is 11.8 Å². The van der Waals surface area contributed by atoms with Crippen LogP contribution < -0.4 is 0 Å². The summed E-state index contributed by atoms with van der Waals surface area (Å²) in [7, 11) is 0. The van der Waals surface area contributed by atoms with Crippen LogP contribution >= 0.6 is 0 Å². The van der Waals surface area contributed by atoms with Crippen molar-refractivity contribution in [1.29, 1.82) is 0 Å². The maximum absolute atomic E-state index is 2.56. The summed E-state index contributed by atoms with van der Waals surface area (Å²) in [6, 6.07) is 0. The lowest BCUT2D eigenvalue weighted by Crippen LogP contribution is -2.09. The predicted molar refractivity (Wildman–Crippen MR) is 82.8 cm³/mol. The first-order valence-corrected chi connectivity index (χ1v) is 8.00. The van der Waals surface area contributed by atoms with Gasteiger partial charge in [0.05, 0.1) is 0 Å². The summed E-state index contributed by atoms with van der Waals surface area (Å²) in [4.78, 5) is 0. The van der Waals surface area contributed by atoms with Crippen molar-refractivity contribution in [3.05, 3.63) is 23.3 Å². The second-order valence-electron chi connectivity index (χ2n) is 5.98. The van der Waals surface area contributed by atoms with Crippen LogP contribution in [0.25, 0.3) is 0 Å². The Morgan fingerprint density at radius 2 is 1.89 bits per heavy atom. The highest BCUT2D eigenvalue weighted by Crippen LogP contribution is 2.35. The minimum absolute atomic E-state index is 0.944. The second-order valence-corrected chi connectivity index (χ2v) is 5.98. The van der Waals surface area contributed by atoms with Crippen molar-refractivity contribution in [3.8, 4) is 0 Å². The van der Waals surface area contributed by atoms with Crippen LogP contribution in [0.3, 0.4) is 0 Å². The van der Waals surface area contributed by atoms with E-state index in [2.05, 4.69) is 39.8 Å². The van der Waals surface area contributed by atoms with Crippen LogP contribution in [0.1, 0.15) is 79.1 Å². The molecule has 0 N–H and O–H groups in total. The molecule has 18 heavy (non-hydrogen) atoms. The average Bonchev–Trinajstić information content (AvgIpc) is 2.91.